The minimum Gasteiger partial charge on any atom is -0.312 e. The second kappa shape index (κ2) is 7.32. The van der Waals surface area contributed by atoms with Crippen LogP contribution in [0.5, 0.6) is 0 Å². The van der Waals surface area contributed by atoms with Crippen LogP contribution >= 0.6 is 0 Å². The zero-order chi connectivity index (χ0) is 12.0. The van der Waals surface area contributed by atoms with Gasteiger partial charge in [-0.05, 0) is 50.9 Å². The first-order valence-corrected chi connectivity index (χ1v) is 7.34. The maximum Gasteiger partial charge on any atom is 0.00697 e. The highest BCUT2D eigenvalue weighted by Gasteiger charge is 2.19. The Morgan fingerprint density at radius 1 is 1.00 bits per heavy atom. The lowest BCUT2D eigenvalue weighted by molar-refractivity contribution is 0.283. The van der Waals surface area contributed by atoms with Gasteiger partial charge in [0, 0.05) is 12.1 Å². The van der Waals surface area contributed by atoms with Crippen molar-refractivity contribution in [1.29, 1.82) is 0 Å². The zero-order valence-corrected chi connectivity index (χ0v) is 11.8. The highest BCUT2D eigenvalue weighted by atomic mass is 14.9. The quantitative estimate of drug-likeness (QED) is 0.708. The van der Waals surface area contributed by atoms with Crippen LogP contribution in [0.25, 0.3) is 0 Å². The van der Waals surface area contributed by atoms with Crippen molar-refractivity contribution in [1.82, 2.24) is 5.32 Å². The predicted molar refractivity (Wildman–Crippen MR) is 72.7 cm³/mol. The van der Waals surface area contributed by atoms with E-state index in [1.807, 2.05) is 0 Å². The Labute approximate surface area is 102 Å². The molecule has 1 N–H and O–H groups in total. The fourth-order valence-corrected chi connectivity index (χ4v) is 2.74. The molecule has 1 aliphatic rings. The van der Waals surface area contributed by atoms with Gasteiger partial charge >= 0.3 is 0 Å². The molecule has 0 saturated heterocycles. The van der Waals surface area contributed by atoms with Crippen LogP contribution in [-0.4, -0.2) is 12.1 Å². The molecule has 0 aromatic carbocycles. The van der Waals surface area contributed by atoms with E-state index in [1.165, 1.54) is 44.9 Å². The number of rotatable bonds is 6. The monoisotopic (exact) mass is 225 g/mol. The molecule has 1 aliphatic carbocycles. The molecule has 1 heteroatoms. The lowest BCUT2D eigenvalue weighted by Gasteiger charge is -2.29. The fraction of sp³-hybridized carbons (Fsp3) is 1.00. The van der Waals surface area contributed by atoms with E-state index in [1.54, 1.807) is 0 Å². The van der Waals surface area contributed by atoms with Gasteiger partial charge in [0.05, 0.1) is 0 Å². The Morgan fingerprint density at radius 2 is 1.62 bits per heavy atom. The molecule has 0 spiro atoms. The molecule has 0 amide bonds. The van der Waals surface area contributed by atoms with Gasteiger partial charge in [-0.25, -0.2) is 0 Å². The van der Waals surface area contributed by atoms with E-state index >= 15 is 0 Å². The van der Waals surface area contributed by atoms with Gasteiger partial charge in [0.15, 0.2) is 0 Å². The van der Waals surface area contributed by atoms with Crippen molar-refractivity contribution in [2.75, 3.05) is 0 Å². The predicted octanol–water partition coefficient (Wildman–Crippen LogP) is 4.37. The van der Waals surface area contributed by atoms with E-state index in [9.17, 15) is 0 Å². The molecule has 1 fully saturated rings. The molecule has 1 saturated carbocycles. The molecule has 1 unspecified atom stereocenters. The molecule has 1 atom stereocenters. The molecule has 1 rings (SSSR count). The molecule has 16 heavy (non-hydrogen) atoms. The van der Waals surface area contributed by atoms with Crippen LogP contribution in [0.2, 0.25) is 0 Å². The summed E-state index contributed by atoms with van der Waals surface area (Å²) in [6, 6.07) is 1.53. The standard InChI is InChI=1S/C15H31N/c1-12(2)6-5-7-14(4)16-15-10-8-13(3)9-11-15/h12-16H,5-11H2,1-4H3. The highest BCUT2D eigenvalue weighted by molar-refractivity contribution is 4.77. The van der Waals surface area contributed by atoms with Crippen LogP contribution in [0.1, 0.15) is 72.6 Å². The first kappa shape index (κ1) is 14.0. The normalized spacial score (nSPS) is 28.3. The summed E-state index contributed by atoms with van der Waals surface area (Å²) in [7, 11) is 0. The Bertz CT molecular complexity index is 168. The average molecular weight is 225 g/mol. The van der Waals surface area contributed by atoms with Crippen LogP contribution in [0, 0.1) is 11.8 Å². The first-order valence-electron chi connectivity index (χ1n) is 7.34. The van der Waals surface area contributed by atoms with Crippen LogP contribution in [-0.2, 0) is 0 Å². The largest absolute Gasteiger partial charge is 0.312 e. The van der Waals surface area contributed by atoms with Crippen molar-refractivity contribution in [3.63, 3.8) is 0 Å². The second-order valence-electron chi connectivity index (χ2n) is 6.35. The van der Waals surface area contributed by atoms with Gasteiger partial charge < -0.3 is 5.32 Å². The van der Waals surface area contributed by atoms with E-state index in [4.69, 9.17) is 0 Å². The van der Waals surface area contributed by atoms with Gasteiger partial charge in [-0.2, -0.15) is 0 Å². The molecule has 1 nitrogen and oxygen atoms in total. The Kier molecular flexibility index (Phi) is 6.41. The Morgan fingerprint density at radius 3 is 2.19 bits per heavy atom. The zero-order valence-electron chi connectivity index (χ0n) is 11.8. The van der Waals surface area contributed by atoms with Crippen LogP contribution < -0.4 is 5.32 Å². The molecule has 0 aliphatic heterocycles. The van der Waals surface area contributed by atoms with E-state index in [0.29, 0.717) is 0 Å². The molecule has 0 bridgehead atoms. The van der Waals surface area contributed by atoms with Gasteiger partial charge in [0.25, 0.3) is 0 Å². The number of hydrogen-bond acceptors (Lipinski definition) is 1. The number of hydrogen-bond donors (Lipinski definition) is 1. The topological polar surface area (TPSA) is 12.0 Å². The van der Waals surface area contributed by atoms with E-state index in [2.05, 4.69) is 33.0 Å². The van der Waals surface area contributed by atoms with Gasteiger partial charge in [-0.15, -0.1) is 0 Å². The average Bonchev–Trinajstić information content (AvgIpc) is 2.21. The highest BCUT2D eigenvalue weighted by Crippen LogP contribution is 2.24. The molecular formula is C15H31N. The number of nitrogens with one attached hydrogen (secondary N) is 1. The van der Waals surface area contributed by atoms with Gasteiger partial charge in [0.1, 0.15) is 0 Å². The van der Waals surface area contributed by atoms with Crippen LogP contribution in [0.4, 0.5) is 0 Å². The summed E-state index contributed by atoms with van der Waals surface area (Å²) in [6.07, 6.45) is 9.77. The van der Waals surface area contributed by atoms with Gasteiger partial charge in [-0.1, -0.05) is 33.6 Å². The second-order valence-corrected chi connectivity index (χ2v) is 6.35. The Hall–Kier alpha value is -0.0400. The van der Waals surface area contributed by atoms with Gasteiger partial charge in [0.2, 0.25) is 0 Å². The summed E-state index contributed by atoms with van der Waals surface area (Å²) in [5, 5.41) is 3.81. The summed E-state index contributed by atoms with van der Waals surface area (Å²) in [4.78, 5) is 0. The SMILES string of the molecule is CC(C)CCCC(C)NC1CCC(C)CC1. The Balaban J connectivity index is 2.07. The molecule has 0 heterocycles. The summed E-state index contributed by atoms with van der Waals surface area (Å²) >= 11 is 0. The third-order valence-corrected chi connectivity index (χ3v) is 3.95. The lowest BCUT2D eigenvalue weighted by atomic mass is 9.87. The minimum absolute atomic E-state index is 0.720. The maximum absolute atomic E-state index is 3.81. The molecular weight excluding hydrogens is 194 g/mol. The van der Waals surface area contributed by atoms with Crippen molar-refractivity contribution >= 4 is 0 Å². The van der Waals surface area contributed by atoms with E-state index in [-0.39, 0.29) is 0 Å². The van der Waals surface area contributed by atoms with Crippen molar-refractivity contribution in [3.8, 4) is 0 Å². The summed E-state index contributed by atoms with van der Waals surface area (Å²) < 4.78 is 0. The summed E-state index contributed by atoms with van der Waals surface area (Å²) in [5.74, 6) is 1.83. The summed E-state index contributed by atoms with van der Waals surface area (Å²) in [6.45, 7) is 9.39. The van der Waals surface area contributed by atoms with Crippen molar-refractivity contribution in [2.45, 2.75) is 84.7 Å². The third kappa shape index (κ3) is 5.89. The molecule has 0 aromatic rings. The third-order valence-electron chi connectivity index (χ3n) is 3.95. The molecule has 0 aromatic heterocycles. The van der Waals surface area contributed by atoms with Crippen molar-refractivity contribution in [3.05, 3.63) is 0 Å². The van der Waals surface area contributed by atoms with E-state index < -0.39 is 0 Å². The van der Waals surface area contributed by atoms with Crippen molar-refractivity contribution < 1.29 is 0 Å². The molecule has 96 valence electrons. The summed E-state index contributed by atoms with van der Waals surface area (Å²) in [5.41, 5.74) is 0. The maximum atomic E-state index is 3.81. The van der Waals surface area contributed by atoms with Crippen molar-refractivity contribution in [2.24, 2.45) is 11.8 Å². The fourth-order valence-electron chi connectivity index (χ4n) is 2.74. The van der Waals surface area contributed by atoms with Crippen LogP contribution in [0.15, 0.2) is 0 Å². The van der Waals surface area contributed by atoms with E-state index in [0.717, 1.165) is 23.9 Å². The van der Waals surface area contributed by atoms with Gasteiger partial charge in [-0.3, -0.25) is 0 Å². The lowest BCUT2D eigenvalue weighted by Crippen LogP contribution is -2.38. The minimum atomic E-state index is 0.720. The first-order chi connectivity index (χ1) is 7.58. The van der Waals surface area contributed by atoms with Crippen LogP contribution in [0.3, 0.4) is 0 Å². The smallest absolute Gasteiger partial charge is 0.00697 e. The molecule has 0 radical (unpaired) electrons.